The van der Waals surface area contributed by atoms with Gasteiger partial charge in [-0.3, -0.25) is 19.8 Å². The molecule has 1 atom stereocenters. The number of nitrogens with zero attached hydrogens (tertiary/aromatic N) is 4. The van der Waals surface area contributed by atoms with Crippen LogP contribution < -0.4 is 9.64 Å². The lowest BCUT2D eigenvalue weighted by Crippen LogP contribution is -2.41. The molecule has 1 unspecified atom stereocenters. The van der Waals surface area contributed by atoms with Crippen molar-refractivity contribution >= 4 is 23.2 Å². The average molecular weight is 406 g/mol. The predicted molar refractivity (Wildman–Crippen MR) is 105 cm³/mol. The lowest BCUT2D eigenvalue weighted by Gasteiger charge is -2.31. The summed E-state index contributed by atoms with van der Waals surface area (Å²) < 4.78 is 5.82. The number of fused-ring (bicyclic) bond motifs is 1. The second-order valence-corrected chi connectivity index (χ2v) is 6.50. The van der Waals surface area contributed by atoms with Crippen molar-refractivity contribution in [2.45, 2.75) is 12.6 Å². The van der Waals surface area contributed by atoms with Crippen molar-refractivity contribution in [1.29, 1.82) is 0 Å². The molecule has 10 nitrogen and oxygen atoms in total. The standard InChI is InChI=1S/C20H14N4O6/c25-20-18(14-4-2-1-3-5-14)30-16-10-11-17(24(28)29)21-19(16)22(20)12-13-6-8-15(9-7-13)23(26)27/h1-11,18H,12H2. The second kappa shape index (κ2) is 7.59. The number of nitro groups is 2. The van der Waals surface area contributed by atoms with Gasteiger partial charge in [0.1, 0.15) is 0 Å². The maximum atomic E-state index is 13.2. The van der Waals surface area contributed by atoms with Crippen LogP contribution in [0.2, 0.25) is 0 Å². The number of nitro benzene ring substituents is 1. The molecule has 0 fully saturated rings. The van der Waals surface area contributed by atoms with Crippen molar-refractivity contribution < 1.29 is 19.4 Å². The second-order valence-electron chi connectivity index (χ2n) is 6.50. The zero-order chi connectivity index (χ0) is 21.3. The average Bonchev–Trinajstić information content (AvgIpc) is 2.76. The Morgan fingerprint density at radius 3 is 2.27 bits per heavy atom. The number of carbonyl (C=O) groups is 1. The minimum atomic E-state index is -0.944. The molecule has 0 radical (unpaired) electrons. The van der Waals surface area contributed by atoms with E-state index in [2.05, 4.69) is 4.98 Å². The highest BCUT2D eigenvalue weighted by atomic mass is 16.6. The number of ether oxygens (including phenoxy) is 1. The van der Waals surface area contributed by atoms with Crippen molar-refractivity contribution in [2.75, 3.05) is 4.90 Å². The molecule has 0 bridgehead atoms. The number of benzene rings is 2. The monoisotopic (exact) mass is 406 g/mol. The number of hydrogen-bond donors (Lipinski definition) is 0. The largest absolute Gasteiger partial charge is 0.469 e. The number of pyridine rings is 1. The Hall–Kier alpha value is -4.34. The molecular weight excluding hydrogens is 392 g/mol. The summed E-state index contributed by atoms with van der Waals surface area (Å²) in [4.78, 5) is 39.4. The summed E-state index contributed by atoms with van der Waals surface area (Å²) in [6, 6.07) is 17.2. The quantitative estimate of drug-likeness (QED) is 0.468. The van der Waals surface area contributed by atoms with E-state index < -0.39 is 27.7 Å². The molecule has 0 saturated heterocycles. The number of amides is 1. The van der Waals surface area contributed by atoms with Gasteiger partial charge in [0.15, 0.2) is 5.75 Å². The van der Waals surface area contributed by atoms with E-state index >= 15 is 0 Å². The number of aromatic nitrogens is 1. The van der Waals surface area contributed by atoms with Crippen molar-refractivity contribution in [3.8, 4) is 5.75 Å². The molecule has 1 aromatic heterocycles. The van der Waals surface area contributed by atoms with E-state index in [1.54, 1.807) is 24.3 Å². The summed E-state index contributed by atoms with van der Waals surface area (Å²) >= 11 is 0. The van der Waals surface area contributed by atoms with Crippen LogP contribution in [0.15, 0.2) is 66.7 Å². The number of non-ortho nitro benzene ring substituents is 1. The topological polar surface area (TPSA) is 129 Å². The first-order valence-electron chi connectivity index (χ1n) is 8.86. The van der Waals surface area contributed by atoms with E-state index in [0.717, 1.165) is 0 Å². The number of anilines is 1. The normalized spacial score (nSPS) is 15.3. The highest BCUT2D eigenvalue weighted by Crippen LogP contribution is 2.39. The lowest BCUT2D eigenvalue weighted by molar-refractivity contribution is -0.389. The van der Waals surface area contributed by atoms with Crippen LogP contribution in [0.1, 0.15) is 17.2 Å². The van der Waals surface area contributed by atoms with E-state index in [4.69, 9.17) is 4.74 Å². The number of carbonyl (C=O) groups excluding carboxylic acids is 1. The molecule has 10 heteroatoms. The van der Waals surface area contributed by atoms with Gasteiger partial charge in [0, 0.05) is 23.8 Å². The minimum Gasteiger partial charge on any atom is -0.469 e. The van der Waals surface area contributed by atoms with Crippen LogP contribution in [-0.4, -0.2) is 20.7 Å². The van der Waals surface area contributed by atoms with Gasteiger partial charge in [0.25, 0.3) is 17.4 Å². The smallest absolute Gasteiger partial charge is 0.366 e. The van der Waals surface area contributed by atoms with Crippen LogP contribution in [0.25, 0.3) is 0 Å². The molecule has 30 heavy (non-hydrogen) atoms. The molecule has 0 spiro atoms. The van der Waals surface area contributed by atoms with E-state index in [0.29, 0.717) is 11.1 Å². The SMILES string of the molecule is O=C1C(c2ccccc2)Oc2ccc([N+](=O)[O-])nc2N1Cc1ccc([N+](=O)[O-])cc1. The molecule has 1 aliphatic rings. The van der Waals surface area contributed by atoms with Gasteiger partial charge in [-0.05, 0) is 21.5 Å². The first-order valence-corrected chi connectivity index (χ1v) is 8.86. The van der Waals surface area contributed by atoms with Gasteiger partial charge in [-0.1, -0.05) is 42.5 Å². The fraction of sp³-hybridized carbons (Fsp3) is 0.100. The molecular formula is C20H14N4O6. The van der Waals surface area contributed by atoms with Crippen LogP contribution in [0, 0.1) is 20.2 Å². The van der Waals surface area contributed by atoms with Gasteiger partial charge in [-0.15, -0.1) is 0 Å². The molecule has 0 N–H and O–H groups in total. The molecule has 2 aromatic carbocycles. The highest BCUT2D eigenvalue weighted by Gasteiger charge is 2.39. The summed E-state index contributed by atoms with van der Waals surface area (Å²) in [5.74, 6) is -0.604. The third kappa shape index (κ3) is 3.53. The van der Waals surface area contributed by atoms with Gasteiger partial charge >= 0.3 is 5.82 Å². The fourth-order valence-corrected chi connectivity index (χ4v) is 3.13. The zero-order valence-corrected chi connectivity index (χ0v) is 15.4. The lowest BCUT2D eigenvalue weighted by atomic mass is 10.1. The zero-order valence-electron chi connectivity index (χ0n) is 15.4. The van der Waals surface area contributed by atoms with Crippen molar-refractivity contribution in [1.82, 2.24) is 4.98 Å². The Morgan fingerprint density at radius 2 is 1.63 bits per heavy atom. The Kier molecular flexibility index (Phi) is 4.80. The Labute approximate surface area is 169 Å². The van der Waals surface area contributed by atoms with Crippen molar-refractivity contribution in [3.05, 3.63) is 98.1 Å². The Bertz CT molecular complexity index is 1130. The number of rotatable bonds is 5. The highest BCUT2D eigenvalue weighted by molar-refractivity contribution is 5.99. The third-order valence-electron chi connectivity index (χ3n) is 4.59. The molecule has 3 aromatic rings. The van der Waals surface area contributed by atoms with Crippen LogP contribution in [0.3, 0.4) is 0 Å². The summed E-state index contributed by atoms with van der Waals surface area (Å²) in [5, 5.41) is 22.0. The van der Waals surface area contributed by atoms with E-state index in [1.165, 1.54) is 41.3 Å². The van der Waals surface area contributed by atoms with Gasteiger partial charge in [-0.25, -0.2) is 0 Å². The molecule has 0 saturated carbocycles. The molecule has 1 amide bonds. The molecule has 150 valence electrons. The van der Waals surface area contributed by atoms with Crippen LogP contribution in [0.4, 0.5) is 17.3 Å². The van der Waals surface area contributed by atoms with E-state index in [-0.39, 0.29) is 23.8 Å². The van der Waals surface area contributed by atoms with Gasteiger partial charge in [-0.2, -0.15) is 0 Å². The van der Waals surface area contributed by atoms with E-state index in [9.17, 15) is 25.0 Å². The minimum absolute atomic E-state index is 0.0185. The van der Waals surface area contributed by atoms with Crippen molar-refractivity contribution in [3.63, 3.8) is 0 Å². The Morgan fingerprint density at radius 1 is 0.933 bits per heavy atom. The first kappa shape index (κ1) is 19.0. The first-order chi connectivity index (χ1) is 14.4. The predicted octanol–water partition coefficient (Wildman–Crippen LogP) is 3.56. The summed E-state index contributed by atoms with van der Waals surface area (Å²) in [5.41, 5.74) is 1.14. The molecule has 4 rings (SSSR count). The summed E-state index contributed by atoms with van der Waals surface area (Å²) in [6.45, 7) is 0.0185. The summed E-state index contributed by atoms with van der Waals surface area (Å²) in [6.07, 6.45) is -0.944. The van der Waals surface area contributed by atoms with Crippen molar-refractivity contribution in [2.24, 2.45) is 0 Å². The van der Waals surface area contributed by atoms with Crippen LogP contribution >= 0.6 is 0 Å². The van der Waals surface area contributed by atoms with Gasteiger partial charge in [0.2, 0.25) is 6.10 Å². The third-order valence-corrected chi connectivity index (χ3v) is 4.59. The fourth-order valence-electron chi connectivity index (χ4n) is 3.13. The molecule has 1 aliphatic heterocycles. The maximum Gasteiger partial charge on any atom is 0.366 e. The molecule has 0 aliphatic carbocycles. The summed E-state index contributed by atoms with van der Waals surface area (Å²) in [7, 11) is 0. The van der Waals surface area contributed by atoms with Gasteiger partial charge in [0.05, 0.1) is 11.5 Å². The maximum absolute atomic E-state index is 13.2. The van der Waals surface area contributed by atoms with Gasteiger partial charge < -0.3 is 14.9 Å². The van der Waals surface area contributed by atoms with Crippen LogP contribution in [-0.2, 0) is 11.3 Å². The van der Waals surface area contributed by atoms with Crippen LogP contribution in [0.5, 0.6) is 5.75 Å². The number of hydrogen-bond acceptors (Lipinski definition) is 7. The molecule has 2 heterocycles. The Balaban J connectivity index is 1.75. The van der Waals surface area contributed by atoms with E-state index in [1.807, 2.05) is 6.07 Å².